The standard InChI is InChI=1S/C23H30N4O2/c1-24-21(28)18-8-6-7-17(15-18)11-14-26-22(25-2)27-16-23(12-13-23)19-9-4-5-10-20(19)29-3/h4-10,15H,11-14,16H2,1-3H3,(H,24,28)(H2,25,26,27). The molecule has 3 N–H and O–H groups in total. The van der Waals surface area contributed by atoms with Gasteiger partial charge < -0.3 is 20.7 Å². The molecular weight excluding hydrogens is 364 g/mol. The molecule has 1 aliphatic rings. The Morgan fingerprint density at radius 3 is 2.62 bits per heavy atom. The molecule has 0 unspecified atom stereocenters. The SMILES string of the molecule is CN=C(NCCc1cccc(C(=O)NC)c1)NCC1(c2ccccc2OC)CC1. The second-order valence-electron chi connectivity index (χ2n) is 7.36. The number of carbonyl (C=O) groups excluding carboxylic acids is 1. The van der Waals surface area contributed by atoms with Crippen LogP contribution in [-0.2, 0) is 11.8 Å². The number of hydrogen-bond acceptors (Lipinski definition) is 3. The number of methoxy groups -OCH3 is 1. The first-order valence-electron chi connectivity index (χ1n) is 10.0. The van der Waals surface area contributed by atoms with Crippen LogP contribution in [0.3, 0.4) is 0 Å². The van der Waals surface area contributed by atoms with E-state index < -0.39 is 0 Å². The number of amides is 1. The molecule has 29 heavy (non-hydrogen) atoms. The number of aliphatic imine (C=N–C) groups is 1. The van der Waals surface area contributed by atoms with Gasteiger partial charge in [0.25, 0.3) is 5.91 Å². The molecule has 1 saturated carbocycles. The van der Waals surface area contributed by atoms with Crippen LogP contribution in [0, 0.1) is 0 Å². The summed E-state index contributed by atoms with van der Waals surface area (Å²) in [5.74, 6) is 1.67. The van der Waals surface area contributed by atoms with E-state index in [-0.39, 0.29) is 11.3 Å². The highest BCUT2D eigenvalue weighted by Gasteiger charge is 2.46. The molecular formula is C23H30N4O2. The molecule has 0 aromatic heterocycles. The minimum atomic E-state index is -0.0663. The van der Waals surface area contributed by atoms with E-state index >= 15 is 0 Å². The molecule has 0 heterocycles. The van der Waals surface area contributed by atoms with E-state index in [1.807, 2.05) is 36.4 Å². The second kappa shape index (κ2) is 9.45. The summed E-state index contributed by atoms with van der Waals surface area (Å²) in [4.78, 5) is 16.1. The van der Waals surface area contributed by atoms with Crippen LogP contribution in [0.15, 0.2) is 53.5 Å². The maximum absolute atomic E-state index is 11.8. The van der Waals surface area contributed by atoms with Crippen molar-refractivity contribution < 1.29 is 9.53 Å². The van der Waals surface area contributed by atoms with Gasteiger partial charge in [-0.15, -0.1) is 0 Å². The Bertz CT molecular complexity index is 875. The second-order valence-corrected chi connectivity index (χ2v) is 7.36. The third-order valence-corrected chi connectivity index (χ3v) is 5.47. The summed E-state index contributed by atoms with van der Waals surface area (Å²) in [6.45, 7) is 1.55. The van der Waals surface area contributed by atoms with Gasteiger partial charge >= 0.3 is 0 Å². The van der Waals surface area contributed by atoms with Gasteiger partial charge in [0.2, 0.25) is 0 Å². The first-order chi connectivity index (χ1) is 14.1. The third-order valence-electron chi connectivity index (χ3n) is 5.47. The number of guanidine groups is 1. The third kappa shape index (κ3) is 5.08. The van der Waals surface area contributed by atoms with E-state index in [2.05, 4.69) is 33.1 Å². The number of rotatable bonds is 8. The molecule has 2 aromatic carbocycles. The van der Waals surface area contributed by atoms with Crippen molar-refractivity contribution in [2.24, 2.45) is 4.99 Å². The molecule has 6 nitrogen and oxygen atoms in total. The fourth-order valence-corrected chi connectivity index (χ4v) is 3.59. The highest BCUT2D eigenvalue weighted by Crippen LogP contribution is 2.50. The van der Waals surface area contributed by atoms with E-state index in [0.29, 0.717) is 5.56 Å². The molecule has 0 atom stereocenters. The number of carbonyl (C=O) groups is 1. The summed E-state index contributed by atoms with van der Waals surface area (Å²) in [6, 6.07) is 15.9. The summed E-state index contributed by atoms with van der Waals surface area (Å²) < 4.78 is 5.55. The predicted octanol–water partition coefficient (Wildman–Crippen LogP) is 2.49. The van der Waals surface area contributed by atoms with Gasteiger partial charge in [0.1, 0.15) is 5.75 Å². The molecule has 0 saturated heterocycles. The number of ether oxygens (including phenoxy) is 1. The van der Waals surface area contributed by atoms with E-state index in [4.69, 9.17) is 4.74 Å². The number of nitrogens with one attached hydrogen (secondary N) is 3. The Kier molecular flexibility index (Phi) is 6.75. The van der Waals surface area contributed by atoms with Crippen LogP contribution < -0.4 is 20.7 Å². The summed E-state index contributed by atoms with van der Waals surface area (Å²) in [7, 11) is 5.15. The van der Waals surface area contributed by atoms with Gasteiger partial charge in [-0.2, -0.15) is 0 Å². The Labute approximate surface area is 172 Å². The van der Waals surface area contributed by atoms with E-state index in [9.17, 15) is 4.79 Å². The number of hydrogen-bond donors (Lipinski definition) is 3. The molecule has 3 rings (SSSR count). The van der Waals surface area contributed by atoms with Crippen molar-refractivity contribution in [3.05, 3.63) is 65.2 Å². The molecule has 154 valence electrons. The smallest absolute Gasteiger partial charge is 0.251 e. The topological polar surface area (TPSA) is 74.8 Å². The monoisotopic (exact) mass is 394 g/mol. The van der Waals surface area contributed by atoms with Crippen LogP contribution in [-0.4, -0.2) is 46.2 Å². The summed E-state index contributed by atoms with van der Waals surface area (Å²) >= 11 is 0. The van der Waals surface area contributed by atoms with Crippen molar-refractivity contribution in [2.75, 3.05) is 34.3 Å². The Hall–Kier alpha value is -3.02. The van der Waals surface area contributed by atoms with Gasteiger partial charge in [0.15, 0.2) is 5.96 Å². The van der Waals surface area contributed by atoms with Gasteiger partial charge in [-0.25, -0.2) is 0 Å². The lowest BCUT2D eigenvalue weighted by atomic mass is 9.95. The molecule has 0 radical (unpaired) electrons. The highest BCUT2D eigenvalue weighted by molar-refractivity contribution is 5.94. The van der Waals surface area contributed by atoms with Gasteiger partial charge in [0.05, 0.1) is 7.11 Å². The van der Waals surface area contributed by atoms with Crippen molar-refractivity contribution >= 4 is 11.9 Å². The molecule has 0 bridgehead atoms. The number of benzene rings is 2. The van der Waals surface area contributed by atoms with E-state index in [1.54, 1.807) is 21.2 Å². The summed E-state index contributed by atoms with van der Waals surface area (Å²) in [6.07, 6.45) is 3.09. The summed E-state index contributed by atoms with van der Waals surface area (Å²) in [5, 5.41) is 9.49. The van der Waals surface area contributed by atoms with Crippen LogP contribution in [0.2, 0.25) is 0 Å². The number of para-hydroxylation sites is 1. The molecule has 2 aromatic rings. The zero-order chi connectivity index (χ0) is 20.7. The lowest BCUT2D eigenvalue weighted by Crippen LogP contribution is -2.42. The van der Waals surface area contributed by atoms with Gasteiger partial charge in [-0.05, 0) is 43.0 Å². The molecule has 0 spiro atoms. The van der Waals surface area contributed by atoms with Crippen LogP contribution in [0.25, 0.3) is 0 Å². The van der Waals surface area contributed by atoms with Crippen molar-refractivity contribution in [3.63, 3.8) is 0 Å². The van der Waals surface area contributed by atoms with E-state index in [0.717, 1.165) is 49.6 Å². The average molecular weight is 395 g/mol. The maximum Gasteiger partial charge on any atom is 0.251 e. The van der Waals surface area contributed by atoms with Crippen LogP contribution in [0.5, 0.6) is 5.75 Å². The fourth-order valence-electron chi connectivity index (χ4n) is 3.59. The van der Waals surface area contributed by atoms with Crippen molar-refractivity contribution in [3.8, 4) is 5.75 Å². The normalized spacial score (nSPS) is 14.8. The van der Waals surface area contributed by atoms with Gasteiger partial charge in [-0.3, -0.25) is 9.79 Å². The molecule has 6 heteroatoms. The molecule has 0 aliphatic heterocycles. The number of nitrogens with zero attached hydrogens (tertiary/aromatic N) is 1. The molecule has 1 amide bonds. The quantitative estimate of drug-likeness (QED) is 0.475. The minimum Gasteiger partial charge on any atom is -0.496 e. The fraction of sp³-hybridized carbons (Fsp3) is 0.391. The maximum atomic E-state index is 11.8. The summed E-state index contributed by atoms with van der Waals surface area (Å²) in [5.41, 5.74) is 3.17. The minimum absolute atomic E-state index is 0.0663. The zero-order valence-electron chi connectivity index (χ0n) is 17.4. The van der Waals surface area contributed by atoms with Gasteiger partial charge in [-0.1, -0.05) is 30.3 Å². The van der Waals surface area contributed by atoms with Gasteiger partial charge in [0, 0.05) is 43.7 Å². The predicted molar refractivity (Wildman–Crippen MR) is 117 cm³/mol. The van der Waals surface area contributed by atoms with E-state index in [1.165, 1.54) is 5.56 Å². The Morgan fingerprint density at radius 1 is 1.14 bits per heavy atom. The van der Waals surface area contributed by atoms with Crippen LogP contribution in [0.1, 0.15) is 34.3 Å². The van der Waals surface area contributed by atoms with Crippen molar-refractivity contribution in [1.82, 2.24) is 16.0 Å². The van der Waals surface area contributed by atoms with Crippen LogP contribution >= 0.6 is 0 Å². The molecule has 1 aliphatic carbocycles. The first kappa shape index (κ1) is 20.7. The van der Waals surface area contributed by atoms with Crippen LogP contribution in [0.4, 0.5) is 0 Å². The molecule has 1 fully saturated rings. The Balaban J connectivity index is 1.52. The van der Waals surface area contributed by atoms with Crippen molar-refractivity contribution in [1.29, 1.82) is 0 Å². The highest BCUT2D eigenvalue weighted by atomic mass is 16.5. The van der Waals surface area contributed by atoms with Crippen molar-refractivity contribution in [2.45, 2.75) is 24.7 Å². The lowest BCUT2D eigenvalue weighted by Gasteiger charge is -2.21. The first-order valence-corrected chi connectivity index (χ1v) is 10.0. The zero-order valence-corrected chi connectivity index (χ0v) is 17.4. The largest absolute Gasteiger partial charge is 0.496 e. The lowest BCUT2D eigenvalue weighted by molar-refractivity contribution is 0.0963. The Morgan fingerprint density at radius 2 is 1.93 bits per heavy atom. The average Bonchev–Trinajstić information content (AvgIpc) is 3.56.